The molecule has 14 heavy (non-hydrogen) atoms. The molecule has 2 aliphatic rings. The van der Waals surface area contributed by atoms with Crippen LogP contribution >= 0.6 is 12.4 Å². The number of rotatable bonds is 1. The van der Waals surface area contributed by atoms with Gasteiger partial charge in [-0.05, 0) is 13.0 Å². The topological polar surface area (TPSA) is 61.4 Å². The second-order valence-corrected chi connectivity index (χ2v) is 3.41. The lowest BCUT2D eigenvalue weighted by Crippen LogP contribution is -2.59. The van der Waals surface area contributed by atoms with Gasteiger partial charge in [0.05, 0.1) is 12.6 Å². The third kappa shape index (κ3) is 2.16. The van der Waals surface area contributed by atoms with Crippen LogP contribution < -0.4 is 10.6 Å². The monoisotopic (exact) mass is 219 g/mol. The number of hydrogen-bond acceptors (Lipinski definition) is 3. The minimum Gasteiger partial charge on any atom is -0.353 e. The van der Waals surface area contributed by atoms with Crippen molar-refractivity contribution in [3.05, 3.63) is 0 Å². The summed E-state index contributed by atoms with van der Waals surface area (Å²) in [6, 6.07) is -0.0362. The summed E-state index contributed by atoms with van der Waals surface area (Å²) >= 11 is 0. The first-order valence-corrected chi connectivity index (χ1v) is 4.56. The van der Waals surface area contributed by atoms with E-state index in [1.54, 1.807) is 4.90 Å². The smallest absolute Gasteiger partial charge is 0.240 e. The number of nitrogens with zero attached hydrogens (tertiary/aromatic N) is 1. The van der Waals surface area contributed by atoms with Gasteiger partial charge in [-0.2, -0.15) is 0 Å². The van der Waals surface area contributed by atoms with Crippen LogP contribution in [0.3, 0.4) is 0 Å². The summed E-state index contributed by atoms with van der Waals surface area (Å²) in [4.78, 5) is 24.2. The van der Waals surface area contributed by atoms with Crippen molar-refractivity contribution >= 4 is 24.2 Å². The standard InChI is InChI=1S/C8H13N3O2.ClH/c12-7-5-11(4-3-10-7)8(13)6-1-2-9-6;/h6,9H,1-5H2,(H,10,12);1H/t6-;/m1./s1. The van der Waals surface area contributed by atoms with Crippen molar-refractivity contribution in [2.24, 2.45) is 0 Å². The maximum atomic E-state index is 11.6. The second kappa shape index (κ2) is 4.61. The van der Waals surface area contributed by atoms with Crippen LogP contribution in [0.15, 0.2) is 0 Å². The van der Waals surface area contributed by atoms with E-state index in [1.165, 1.54) is 0 Å². The Morgan fingerprint density at radius 2 is 2.14 bits per heavy atom. The molecule has 0 unspecified atom stereocenters. The molecular weight excluding hydrogens is 206 g/mol. The van der Waals surface area contributed by atoms with Crippen LogP contribution in [0, 0.1) is 0 Å². The van der Waals surface area contributed by atoms with Gasteiger partial charge in [-0.25, -0.2) is 0 Å². The maximum Gasteiger partial charge on any atom is 0.240 e. The molecule has 0 spiro atoms. The number of carbonyl (C=O) groups is 2. The highest BCUT2D eigenvalue weighted by Gasteiger charge is 2.30. The summed E-state index contributed by atoms with van der Waals surface area (Å²) in [5, 5.41) is 5.72. The Morgan fingerprint density at radius 1 is 1.43 bits per heavy atom. The average Bonchev–Trinajstić information content (AvgIpc) is 2.01. The summed E-state index contributed by atoms with van der Waals surface area (Å²) in [5.41, 5.74) is 0. The highest BCUT2D eigenvalue weighted by atomic mass is 35.5. The molecule has 80 valence electrons. The summed E-state index contributed by atoms with van der Waals surface area (Å²) in [7, 11) is 0. The minimum absolute atomic E-state index is 0. The van der Waals surface area contributed by atoms with Gasteiger partial charge in [0.1, 0.15) is 0 Å². The Balaban J connectivity index is 0.000000980. The molecule has 0 aliphatic carbocycles. The molecule has 2 rings (SSSR count). The van der Waals surface area contributed by atoms with E-state index in [2.05, 4.69) is 10.6 Å². The van der Waals surface area contributed by atoms with E-state index < -0.39 is 0 Å². The van der Waals surface area contributed by atoms with Crippen molar-refractivity contribution in [3.8, 4) is 0 Å². The molecule has 0 bridgehead atoms. The molecule has 6 heteroatoms. The molecule has 2 N–H and O–H groups in total. The van der Waals surface area contributed by atoms with Crippen molar-refractivity contribution in [1.29, 1.82) is 0 Å². The van der Waals surface area contributed by atoms with Crippen LogP contribution in [0.25, 0.3) is 0 Å². The molecule has 2 saturated heterocycles. The van der Waals surface area contributed by atoms with E-state index in [4.69, 9.17) is 0 Å². The van der Waals surface area contributed by atoms with Crippen molar-refractivity contribution in [2.75, 3.05) is 26.2 Å². The van der Waals surface area contributed by atoms with Crippen LogP contribution in [0.5, 0.6) is 0 Å². The van der Waals surface area contributed by atoms with Gasteiger partial charge in [0.2, 0.25) is 11.8 Å². The zero-order valence-corrected chi connectivity index (χ0v) is 8.60. The third-order valence-corrected chi connectivity index (χ3v) is 2.47. The molecule has 1 atom stereocenters. The predicted molar refractivity (Wildman–Crippen MR) is 53.2 cm³/mol. The first-order valence-electron chi connectivity index (χ1n) is 4.56. The third-order valence-electron chi connectivity index (χ3n) is 2.47. The molecule has 0 aromatic rings. The van der Waals surface area contributed by atoms with Crippen LogP contribution in [0.4, 0.5) is 0 Å². The Bertz CT molecular complexity index is 243. The Labute approximate surface area is 88.6 Å². The SMILES string of the molecule is Cl.O=C1CN(C(=O)[C@H]2CCN2)CCN1. The molecule has 0 aromatic heterocycles. The van der Waals surface area contributed by atoms with E-state index in [0.717, 1.165) is 13.0 Å². The fourth-order valence-corrected chi connectivity index (χ4v) is 1.55. The Morgan fingerprint density at radius 3 is 2.64 bits per heavy atom. The summed E-state index contributed by atoms with van der Waals surface area (Å²) in [6.07, 6.45) is 0.900. The number of piperazine rings is 1. The van der Waals surface area contributed by atoms with Gasteiger partial charge in [0.15, 0.2) is 0 Å². The molecular formula is C8H14ClN3O2. The highest BCUT2D eigenvalue weighted by Crippen LogP contribution is 2.07. The average molecular weight is 220 g/mol. The van der Waals surface area contributed by atoms with Crippen LogP contribution in [-0.2, 0) is 9.59 Å². The lowest BCUT2D eigenvalue weighted by molar-refractivity contribution is -0.141. The lowest BCUT2D eigenvalue weighted by atomic mass is 10.1. The zero-order valence-electron chi connectivity index (χ0n) is 7.78. The summed E-state index contributed by atoms with van der Waals surface area (Å²) < 4.78 is 0. The Kier molecular flexibility index (Phi) is 3.71. The molecule has 0 aromatic carbocycles. The highest BCUT2D eigenvalue weighted by molar-refractivity contribution is 5.88. The van der Waals surface area contributed by atoms with Crippen molar-refractivity contribution in [2.45, 2.75) is 12.5 Å². The van der Waals surface area contributed by atoms with Crippen LogP contribution in [0.1, 0.15) is 6.42 Å². The van der Waals surface area contributed by atoms with Gasteiger partial charge in [0.25, 0.3) is 0 Å². The van der Waals surface area contributed by atoms with Gasteiger partial charge >= 0.3 is 0 Å². The van der Waals surface area contributed by atoms with E-state index >= 15 is 0 Å². The van der Waals surface area contributed by atoms with Gasteiger partial charge in [0, 0.05) is 13.1 Å². The normalized spacial score (nSPS) is 25.9. The van der Waals surface area contributed by atoms with Gasteiger partial charge < -0.3 is 15.5 Å². The first-order chi connectivity index (χ1) is 6.27. The quantitative estimate of drug-likeness (QED) is 0.578. The molecule has 2 amide bonds. The largest absolute Gasteiger partial charge is 0.353 e. The number of amides is 2. The fraction of sp³-hybridized carbons (Fsp3) is 0.750. The Hall–Kier alpha value is -0.810. The van der Waals surface area contributed by atoms with Gasteiger partial charge in [-0.3, -0.25) is 9.59 Å². The molecule has 2 aliphatic heterocycles. The summed E-state index contributed by atoms with van der Waals surface area (Å²) in [5.74, 6) is 0.0139. The molecule has 2 fully saturated rings. The zero-order chi connectivity index (χ0) is 9.26. The van der Waals surface area contributed by atoms with Crippen molar-refractivity contribution < 1.29 is 9.59 Å². The van der Waals surface area contributed by atoms with E-state index in [0.29, 0.717) is 13.1 Å². The number of hydrogen-bond donors (Lipinski definition) is 2. The van der Waals surface area contributed by atoms with Gasteiger partial charge in [-0.15, -0.1) is 12.4 Å². The van der Waals surface area contributed by atoms with Crippen molar-refractivity contribution in [3.63, 3.8) is 0 Å². The van der Waals surface area contributed by atoms with E-state index in [-0.39, 0.29) is 36.8 Å². The van der Waals surface area contributed by atoms with Crippen LogP contribution in [0.2, 0.25) is 0 Å². The van der Waals surface area contributed by atoms with E-state index in [1.807, 2.05) is 0 Å². The number of halogens is 1. The predicted octanol–water partition coefficient (Wildman–Crippen LogP) is -1.27. The first kappa shape index (κ1) is 11.3. The fourth-order valence-electron chi connectivity index (χ4n) is 1.55. The maximum absolute atomic E-state index is 11.6. The molecule has 5 nitrogen and oxygen atoms in total. The molecule has 2 heterocycles. The lowest BCUT2D eigenvalue weighted by Gasteiger charge is -2.34. The van der Waals surface area contributed by atoms with Crippen LogP contribution in [-0.4, -0.2) is 48.9 Å². The molecule has 0 radical (unpaired) electrons. The minimum atomic E-state index is -0.0566. The number of nitrogens with one attached hydrogen (secondary N) is 2. The molecule has 0 saturated carbocycles. The van der Waals surface area contributed by atoms with Gasteiger partial charge in [-0.1, -0.05) is 0 Å². The second-order valence-electron chi connectivity index (χ2n) is 3.41. The van der Waals surface area contributed by atoms with E-state index in [9.17, 15) is 9.59 Å². The summed E-state index contributed by atoms with van der Waals surface area (Å²) in [6.45, 7) is 2.35. The number of carbonyl (C=O) groups excluding carboxylic acids is 2. The van der Waals surface area contributed by atoms with Crippen molar-refractivity contribution in [1.82, 2.24) is 15.5 Å².